The molecule has 126 valence electrons. The summed E-state index contributed by atoms with van der Waals surface area (Å²) in [6.45, 7) is 3.08. The molecular formula is C17H16BrClN2O3. The van der Waals surface area contributed by atoms with Crippen LogP contribution in [0.3, 0.4) is 0 Å². The minimum absolute atomic E-state index is 0.101. The Morgan fingerprint density at radius 1 is 1.17 bits per heavy atom. The zero-order chi connectivity index (χ0) is 17.1. The van der Waals surface area contributed by atoms with E-state index in [2.05, 4.69) is 26.6 Å². The van der Waals surface area contributed by atoms with Crippen molar-refractivity contribution >= 4 is 44.8 Å². The van der Waals surface area contributed by atoms with Gasteiger partial charge >= 0.3 is 0 Å². The first-order chi connectivity index (χ1) is 11.5. The van der Waals surface area contributed by atoms with Crippen LogP contribution in [-0.2, 0) is 4.79 Å². The van der Waals surface area contributed by atoms with Crippen molar-refractivity contribution in [2.24, 2.45) is 0 Å². The molecule has 0 saturated heterocycles. The number of fused-ring (bicyclic) bond motifs is 1. The Hall–Kier alpha value is -1.92. The summed E-state index contributed by atoms with van der Waals surface area (Å²) in [5, 5.41) is 6.45. The molecule has 0 spiro atoms. The lowest BCUT2D eigenvalue weighted by molar-refractivity contribution is -0.114. The topological polar surface area (TPSA) is 59.6 Å². The number of hydrogen-bond donors (Lipinski definition) is 2. The maximum atomic E-state index is 12.2. The van der Waals surface area contributed by atoms with Gasteiger partial charge in [0.1, 0.15) is 13.2 Å². The van der Waals surface area contributed by atoms with Gasteiger partial charge in [0.05, 0.1) is 22.9 Å². The van der Waals surface area contributed by atoms with Crippen molar-refractivity contribution < 1.29 is 14.3 Å². The normalized spacial score (nSPS) is 12.6. The molecule has 2 aromatic rings. The first-order valence-electron chi connectivity index (χ1n) is 7.42. The van der Waals surface area contributed by atoms with E-state index in [0.717, 1.165) is 15.7 Å². The molecule has 2 N–H and O–H groups in total. The van der Waals surface area contributed by atoms with Crippen molar-refractivity contribution in [1.82, 2.24) is 0 Å². The van der Waals surface area contributed by atoms with Crippen LogP contribution in [0.5, 0.6) is 11.5 Å². The Kier molecular flexibility index (Phi) is 5.16. The molecular weight excluding hydrogens is 396 g/mol. The number of aryl methyl sites for hydroxylation is 1. The monoisotopic (exact) mass is 410 g/mol. The van der Waals surface area contributed by atoms with Crippen LogP contribution < -0.4 is 20.1 Å². The third-order valence-electron chi connectivity index (χ3n) is 3.47. The molecule has 0 aliphatic carbocycles. The second-order valence-corrected chi connectivity index (χ2v) is 6.62. The number of rotatable bonds is 4. The number of carbonyl (C=O) groups excluding carboxylic acids is 1. The van der Waals surface area contributed by atoms with Crippen LogP contribution in [0, 0.1) is 6.92 Å². The van der Waals surface area contributed by atoms with Crippen LogP contribution in [-0.4, -0.2) is 25.7 Å². The first-order valence-corrected chi connectivity index (χ1v) is 8.59. The lowest BCUT2D eigenvalue weighted by Crippen LogP contribution is -2.22. The van der Waals surface area contributed by atoms with Crippen LogP contribution in [0.1, 0.15) is 5.56 Å². The summed E-state index contributed by atoms with van der Waals surface area (Å²) < 4.78 is 11.8. The number of hydrogen-bond acceptors (Lipinski definition) is 4. The highest BCUT2D eigenvalue weighted by Gasteiger charge is 2.16. The minimum Gasteiger partial charge on any atom is -0.486 e. The number of nitrogens with one attached hydrogen (secondary N) is 2. The quantitative estimate of drug-likeness (QED) is 0.790. The second kappa shape index (κ2) is 7.32. The van der Waals surface area contributed by atoms with Gasteiger partial charge in [0.25, 0.3) is 0 Å². The van der Waals surface area contributed by atoms with Crippen molar-refractivity contribution in [2.45, 2.75) is 6.92 Å². The fourth-order valence-electron chi connectivity index (χ4n) is 2.29. The summed E-state index contributed by atoms with van der Waals surface area (Å²) in [5.74, 6) is 1.09. The smallest absolute Gasteiger partial charge is 0.243 e. The molecule has 5 nitrogen and oxygen atoms in total. The molecule has 1 aliphatic heterocycles. The maximum Gasteiger partial charge on any atom is 0.243 e. The van der Waals surface area contributed by atoms with E-state index >= 15 is 0 Å². The van der Waals surface area contributed by atoms with Crippen LogP contribution in [0.25, 0.3) is 0 Å². The summed E-state index contributed by atoms with van der Waals surface area (Å²) in [5.41, 5.74) is 2.41. The molecule has 0 bridgehead atoms. The largest absolute Gasteiger partial charge is 0.486 e. The van der Waals surface area contributed by atoms with Gasteiger partial charge < -0.3 is 20.1 Å². The van der Waals surface area contributed by atoms with Crippen LogP contribution >= 0.6 is 27.5 Å². The molecule has 0 radical (unpaired) electrons. The zero-order valence-electron chi connectivity index (χ0n) is 13.0. The highest BCUT2D eigenvalue weighted by Crippen LogP contribution is 2.38. The Bertz CT molecular complexity index is 783. The number of halogens is 2. The number of amides is 1. The number of ether oxygens (including phenoxy) is 2. The Balaban J connectivity index is 1.64. The lowest BCUT2D eigenvalue weighted by atomic mass is 10.2. The van der Waals surface area contributed by atoms with Crippen LogP contribution in [0.4, 0.5) is 11.4 Å². The average molecular weight is 412 g/mol. The molecule has 0 saturated carbocycles. The number of anilines is 2. The van der Waals surface area contributed by atoms with E-state index in [0.29, 0.717) is 35.4 Å². The third-order valence-corrected chi connectivity index (χ3v) is 4.44. The zero-order valence-corrected chi connectivity index (χ0v) is 15.3. The fourth-order valence-corrected chi connectivity index (χ4v) is 3.02. The van der Waals surface area contributed by atoms with Crippen LogP contribution in [0.15, 0.2) is 34.8 Å². The van der Waals surface area contributed by atoms with E-state index in [1.165, 1.54) is 0 Å². The van der Waals surface area contributed by atoms with Gasteiger partial charge in [0.2, 0.25) is 5.91 Å². The van der Waals surface area contributed by atoms with Crippen molar-refractivity contribution in [1.29, 1.82) is 0 Å². The van der Waals surface area contributed by atoms with Gasteiger partial charge in [-0.25, -0.2) is 0 Å². The summed E-state index contributed by atoms with van der Waals surface area (Å²) in [6.07, 6.45) is 0. The highest BCUT2D eigenvalue weighted by molar-refractivity contribution is 9.10. The molecule has 0 fully saturated rings. The van der Waals surface area contributed by atoms with E-state index < -0.39 is 0 Å². The van der Waals surface area contributed by atoms with Crippen molar-refractivity contribution in [3.05, 3.63) is 45.4 Å². The molecule has 1 aliphatic rings. The van der Waals surface area contributed by atoms with Crippen molar-refractivity contribution in [3.63, 3.8) is 0 Å². The Labute approximate surface area is 153 Å². The van der Waals surface area contributed by atoms with Crippen LogP contribution in [0.2, 0.25) is 5.02 Å². The van der Waals surface area contributed by atoms with Crippen molar-refractivity contribution in [2.75, 3.05) is 30.4 Å². The molecule has 0 atom stereocenters. The number of carbonyl (C=O) groups is 1. The van der Waals surface area contributed by atoms with Gasteiger partial charge in [-0.15, -0.1) is 0 Å². The van der Waals surface area contributed by atoms with Gasteiger partial charge in [-0.2, -0.15) is 0 Å². The van der Waals surface area contributed by atoms with Gasteiger partial charge in [-0.05, 0) is 40.5 Å². The van der Waals surface area contributed by atoms with Gasteiger partial charge in [-0.3, -0.25) is 4.79 Å². The fraction of sp³-hybridized carbons (Fsp3) is 0.235. The maximum absolute atomic E-state index is 12.2. The highest BCUT2D eigenvalue weighted by atomic mass is 79.9. The summed E-state index contributed by atoms with van der Waals surface area (Å²) in [4.78, 5) is 12.2. The standard InChI is InChI=1S/C17H16BrClN2O3/c1-10-2-3-13(12(19)6-10)20-9-17(22)21-14-8-16-15(7-11(14)18)23-4-5-24-16/h2-3,6-8,20H,4-5,9H2,1H3,(H,21,22). The molecule has 0 aromatic heterocycles. The number of benzene rings is 2. The van der Waals surface area contributed by atoms with E-state index in [-0.39, 0.29) is 12.5 Å². The Morgan fingerprint density at radius 2 is 1.88 bits per heavy atom. The third kappa shape index (κ3) is 3.94. The van der Waals surface area contributed by atoms with Crippen molar-refractivity contribution in [3.8, 4) is 11.5 Å². The average Bonchev–Trinajstić information content (AvgIpc) is 2.55. The predicted octanol–water partition coefficient (Wildman–Crippen LogP) is 4.23. The SMILES string of the molecule is Cc1ccc(NCC(=O)Nc2cc3c(cc2Br)OCCO3)c(Cl)c1. The second-order valence-electron chi connectivity index (χ2n) is 5.36. The van der Waals surface area contributed by atoms with Gasteiger partial charge in [0, 0.05) is 16.6 Å². The van der Waals surface area contributed by atoms with E-state index in [9.17, 15) is 4.79 Å². The van der Waals surface area contributed by atoms with E-state index in [4.69, 9.17) is 21.1 Å². The summed E-state index contributed by atoms with van der Waals surface area (Å²) in [7, 11) is 0. The van der Waals surface area contributed by atoms with E-state index in [1.807, 2.05) is 25.1 Å². The molecule has 7 heteroatoms. The Morgan fingerprint density at radius 3 is 2.58 bits per heavy atom. The summed E-state index contributed by atoms with van der Waals surface area (Å²) >= 11 is 9.57. The molecule has 2 aromatic carbocycles. The van der Waals surface area contributed by atoms with Gasteiger partial charge in [-0.1, -0.05) is 17.7 Å². The van der Waals surface area contributed by atoms with Gasteiger partial charge in [0.15, 0.2) is 11.5 Å². The molecule has 24 heavy (non-hydrogen) atoms. The molecule has 1 heterocycles. The molecule has 3 rings (SSSR count). The molecule has 0 unspecified atom stereocenters. The minimum atomic E-state index is -0.191. The predicted molar refractivity (Wildman–Crippen MR) is 98.4 cm³/mol. The summed E-state index contributed by atoms with van der Waals surface area (Å²) in [6, 6.07) is 9.16. The first kappa shape index (κ1) is 16.9. The molecule has 1 amide bonds. The lowest BCUT2D eigenvalue weighted by Gasteiger charge is -2.20. The van der Waals surface area contributed by atoms with E-state index in [1.54, 1.807) is 12.1 Å².